The Bertz CT molecular complexity index is 596. The molecule has 0 aromatic heterocycles. The van der Waals surface area contributed by atoms with Crippen molar-refractivity contribution in [1.29, 1.82) is 0 Å². The molecule has 2 aromatic carbocycles. The van der Waals surface area contributed by atoms with Crippen LogP contribution in [0, 0.1) is 0 Å². The molecule has 0 radical (unpaired) electrons. The molecule has 0 bridgehead atoms. The van der Waals surface area contributed by atoms with Gasteiger partial charge in [0.2, 0.25) is 0 Å². The molecule has 2 rings (SSSR count). The van der Waals surface area contributed by atoms with E-state index in [4.69, 9.17) is 22.4 Å². The zero-order valence-corrected chi connectivity index (χ0v) is 10.3. The monoisotopic (exact) mass is 261 g/mol. The summed E-state index contributed by atoms with van der Waals surface area (Å²) >= 11 is 6.17. The summed E-state index contributed by atoms with van der Waals surface area (Å²) in [5.74, 6) is -0.872. The van der Waals surface area contributed by atoms with Crippen LogP contribution in [-0.2, 0) is 11.2 Å². The van der Waals surface area contributed by atoms with Gasteiger partial charge < -0.3 is 10.8 Å². The predicted octanol–water partition coefficient (Wildman–Crippen LogP) is 3.22. The Labute approximate surface area is 110 Å². The molecular formula is C14H12ClNO2. The lowest BCUT2D eigenvalue weighted by Crippen LogP contribution is -1.99. The molecule has 0 amide bonds. The Morgan fingerprint density at radius 2 is 2.00 bits per heavy atom. The number of carboxylic acids is 1. The Kier molecular flexibility index (Phi) is 3.53. The van der Waals surface area contributed by atoms with E-state index >= 15 is 0 Å². The van der Waals surface area contributed by atoms with Crippen LogP contribution in [0.4, 0.5) is 5.69 Å². The molecule has 2 aromatic rings. The quantitative estimate of drug-likeness (QED) is 0.834. The molecule has 0 aliphatic rings. The number of hydrogen-bond acceptors (Lipinski definition) is 2. The van der Waals surface area contributed by atoms with Crippen molar-refractivity contribution in [2.24, 2.45) is 0 Å². The molecule has 4 heteroatoms. The molecule has 0 saturated heterocycles. The van der Waals surface area contributed by atoms with E-state index in [-0.39, 0.29) is 6.42 Å². The van der Waals surface area contributed by atoms with Crippen LogP contribution < -0.4 is 5.73 Å². The van der Waals surface area contributed by atoms with Crippen molar-refractivity contribution >= 4 is 23.3 Å². The van der Waals surface area contributed by atoms with Gasteiger partial charge in [-0.05, 0) is 29.3 Å². The lowest BCUT2D eigenvalue weighted by atomic mass is 10.0. The van der Waals surface area contributed by atoms with Gasteiger partial charge in [0.1, 0.15) is 0 Å². The van der Waals surface area contributed by atoms with Gasteiger partial charge in [-0.3, -0.25) is 4.79 Å². The molecule has 0 fully saturated rings. The smallest absolute Gasteiger partial charge is 0.307 e. The molecule has 0 atom stereocenters. The van der Waals surface area contributed by atoms with E-state index in [1.165, 1.54) is 0 Å². The third kappa shape index (κ3) is 2.81. The van der Waals surface area contributed by atoms with E-state index in [0.717, 1.165) is 11.1 Å². The van der Waals surface area contributed by atoms with Gasteiger partial charge in [-0.2, -0.15) is 0 Å². The minimum Gasteiger partial charge on any atom is -0.481 e. The Hall–Kier alpha value is -2.00. The third-order valence-corrected chi connectivity index (χ3v) is 2.90. The zero-order chi connectivity index (χ0) is 13.1. The fourth-order valence-corrected chi connectivity index (χ4v) is 2.10. The highest BCUT2D eigenvalue weighted by Crippen LogP contribution is 2.29. The fourth-order valence-electron chi connectivity index (χ4n) is 1.78. The molecule has 0 heterocycles. The number of halogens is 1. The van der Waals surface area contributed by atoms with E-state index in [1.54, 1.807) is 18.2 Å². The van der Waals surface area contributed by atoms with Gasteiger partial charge in [-0.1, -0.05) is 35.9 Å². The molecule has 0 aliphatic carbocycles. The molecule has 92 valence electrons. The van der Waals surface area contributed by atoms with Crippen molar-refractivity contribution in [3.8, 4) is 11.1 Å². The van der Waals surface area contributed by atoms with Crippen LogP contribution in [0.15, 0.2) is 42.5 Å². The summed E-state index contributed by atoms with van der Waals surface area (Å²) in [4.78, 5) is 10.6. The second kappa shape index (κ2) is 5.10. The van der Waals surface area contributed by atoms with Crippen molar-refractivity contribution in [2.45, 2.75) is 6.42 Å². The summed E-state index contributed by atoms with van der Waals surface area (Å²) in [6, 6.07) is 12.6. The molecule has 0 saturated carbocycles. The van der Waals surface area contributed by atoms with Gasteiger partial charge in [0.15, 0.2) is 0 Å². The number of benzene rings is 2. The standard InChI is InChI=1S/C14H12ClNO2/c15-13-6-9(7-14(17)18)4-5-12(13)10-2-1-3-11(16)8-10/h1-6,8H,7,16H2,(H,17,18). The molecule has 3 nitrogen and oxygen atoms in total. The van der Waals surface area contributed by atoms with Gasteiger partial charge in [-0.25, -0.2) is 0 Å². The summed E-state index contributed by atoms with van der Waals surface area (Å²) in [6.07, 6.45) is -0.0308. The molecule has 0 aliphatic heterocycles. The van der Waals surface area contributed by atoms with E-state index in [1.807, 2.05) is 24.3 Å². The maximum atomic E-state index is 10.6. The number of carboxylic acid groups (broad SMARTS) is 1. The first-order chi connectivity index (χ1) is 8.56. The van der Waals surface area contributed by atoms with Crippen molar-refractivity contribution in [3.63, 3.8) is 0 Å². The SMILES string of the molecule is Nc1cccc(-c2ccc(CC(=O)O)cc2Cl)c1. The highest BCUT2D eigenvalue weighted by atomic mass is 35.5. The second-order valence-corrected chi connectivity index (χ2v) is 4.42. The molecular weight excluding hydrogens is 250 g/mol. The van der Waals surface area contributed by atoms with Crippen molar-refractivity contribution < 1.29 is 9.90 Å². The first kappa shape index (κ1) is 12.5. The lowest BCUT2D eigenvalue weighted by molar-refractivity contribution is -0.136. The van der Waals surface area contributed by atoms with Crippen LogP contribution in [-0.4, -0.2) is 11.1 Å². The average molecular weight is 262 g/mol. The summed E-state index contributed by atoms with van der Waals surface area (Å²) in [7, 11) is 0. The lowest BCUT2D eigenvalue weighted by Gasteiger charge is -2.07. The van der Waals surface area contributed by atoms with Crippen LogP contribution in [0.25, 0.3) is 11.1 Å². The molecule has 0 spiro atoms. The summed E-state index contributed by atoms with van der Waals surface area (Å²) in [5.41, 5.74) is 8.83. The number of hydrogen-bond donors (Lipinski definition) is 2. The average Bonchev–Trinajstić information content (AvgIpc) is 2.28. The highest BCUT2D eigenvalue weighted by molar-refractivity contribution is 6.33. The number of anilines is 1. The number of carbonyl (C=O) groups is 1. The molecule has 0 unspecified atom stereocenters. The summed E-state index contributed by atoms with van der Waals surface area (Å²) in [6.45, 7) is 0. The number of rotatable bonds is 3. The minimum absolute atomic E-state index is 0.0308. The maximum absolute atomic E-state index is 10.6. The van der Waals surface area contributed by atoms with E-state index in [9.17, 15) is 4.79 Å². The zero-order valence-electron chi connectivity index (χ0n) is 9.56. The van der Waals surface area contributed by atoms with Gasteiger partial charge in [0.05, 0.1) is 6.42 Å². The largest absolute Gasteiger partial charge is 0.481 e. The van der Waals surface area contributed by atoms with Crippen molar-refractivity contribution in [1.82, 2.24) is 0 Å². The normalized spacial score (nSPS) is 10.3. The summed E-state index contributed by atoms with van der Waals surface area (Å²) < 4.78 is 0. The molecule has 18 heavy (non-hydrogen) atoms. The van der Waals surface area contributed by atoms with Gasteiger partial charge in [0.25, 0.3) is 0 Å². The highest BCUT2D eigenvalue weighted by Gasteiger charge is 2.07. The Morgan fingerprint density at radius 3 is 2.61 bits per heavy atom. The van der Waals surface area contributed by atoms with Crippen LogP contribution >= 0.6 is 11.6 Å². The van der Waals surface area contributed by atoms with E-state index in [0.29, 0.717) is 16.3 Å². The first-order valence-corrected chi connectivity index (χ1v) is 5.80. The molecule has 3 N–H and O–H groups in total. The number of nitrogens with two attached hydrogens (primary N) is 1. The van der Waals surface area contributed by atoms with Crippen LogP contribution in [0.5, 0.6) is 0 Å². The van der Waals surface area contributed by atoms with Crippen molar-refractivity contribution in [3.05, 3.63) is 53.1 Å². The maximum Gasteiger partial charge on any atom is 0.307 e. The number of nitrogen functional groups attached to an aromatic ring is 1. The summed E-state index contributed by atoms with van der Waals surface area (Å²) in [5, 5.41) is 9.25. The fraction of sp³-hybridized carbons (Fsp3) is 0.0714. The van der Waals surface area contributed by atoms with E-state index < -0.39 is 5.97 Å². The Balaban J connectivity index is 2.38. The van der Waals surface area contributed by atoms with Crippen LogP contribution in [0.1, 0.15) is 5.56 Å². The third-order valence-electron chi connectivity index (χ3n) is 2.59. The topological polar surface area (TPSA) is 63.3 Å². The van der Waals surface area contributed by atoms with Crippen molar-refractivity contribution in [2.75, 3.05) is 5.73 Å². The van der Waals surface area contributed by atoms with E-state index in [2.05, 4.69) is 0 Å². The van der Waals surface area contributed by atoms with Crippen LogP contribution in [0.3, 0.4) is 0 Å². The van der Waals surface area contributed by atoms with Crippen LogP contribution in [0.2, 0.25) is 5.02 Å². The van der Waals surface area contributed by atoms with Gasteiger partial charge >= 0.3 is 5.97 Å². The van der Waals surface area contributed by atoms with Gasteiger partial charge in [-0.15, -0.1) is 0 Å². The minimum atomic E-state index is -0.872. The second-order valence-electron chi connectivity index (χ2n) is 4.01. The predicted molar refractivity (Wildman–Crippen MR) is 72.6 cm³/mol. The first-order valence-electron chi connectivity index (χ1n) is 5.42. The van der Waals surface area contributed by atoms with Gasteiger partial charge in [0, 0.05) is 16.3 Å². The number of aliphatic carboxylic acids is 1. The Morgan fingerprint density at radius 1 is 1.22 bits per heavy atom.